The van der Waals surface area contributed by atoms with Gasteiger partial charge in [0.05, 0.1) is 5.75 Å². The first-order valence-electron chi connectivity index (χ1n) is 7.23. The second-order valence-corrected chi connectivity index (χ2v) is 6.35. The van der Waals surface area contributed by atoms with Gasteiger partial charge in [-0.15, -0.1) is 0 Å². The molecule has 1 heterocycles. The fraction of sp³-hybridized carbons (Fsp3) is 0.733. The predicted octanol–water partition coefficient (Wildman–Crippen LogP) is 3.28. The SMILES string of the molecule is CCNCCc1c(C)nc(CSC(C)CC)nc1C. The Hall–Kier alpha value is -0.610. The van der Waals surface area contributed by atoms with Gasteiger partial charge in [0.15, 0.2) is 0 Å². The summed E-state index contributed by atoms with van der Waals surface area (Å²) in [5.74, 6) is 1.90. The molecule has 0 amide bonds. The summed E-state index contributed by atoms with van der Waals surface area (Å²) in [6.07, 6.45) is 2.22. The van der Waals surface area contributed by atoms with Crippen LogP contribution < -0.4 is 5.32 Å². The summed E-state index contributed by atoms with van der Waals surface area (Å²) in [7, 11) is 0. The van der Waals surface area contributed by atoms with Crippen LogP contribution in [0.3, 0.4) is 0 Å². The fourth-order valence-electron chi connectivity index (χ4n) is 1.96. The summed E-state index contributed by atoms with van der Waals surface area (Å²) in [5, 5.41) is 4.03. The van der Waals surface area contributed by atoms with Gasteiger partial charge < -0.3 is 5.32 Å². The molecule has 0 saturated heterocycles. The molecule has 1 rings (SSSR count). The lowest BCUT2D eigenvalue weighted by Crippen LogP contribution is -2.18. The lowest BCUT2D eigenvalue weighted by Gasteiger charge is -2.12. The highest BCUT2D eigenvalue weighted by molar-refractivity contribution is 7.99. The minimum atomic E-state index is 0.678. The average molecular weight is 281 g/mol. The second kappa shape index (κ2) is 8.54. The molecule has 19 heavy (non-hydrogen) atoms. The van der Waals surface area contributed by atoms with Crippen LogP contribution in [0.25, 0.3) is 0 Å². The van der Waals surface area contributed by atoms with Crippen LogP contribution in [-0.4, -0.2) is 28.3 Å². The molecule has 0 aromatic carbocycles. The predicted molar refractivity (Wildman–Crippen MR) is 84.8 cm³/mol. The van der Waals surface area contributed by atoms with E-state index in [4.69, 9.17) is 0 Å². The van der Waals surface area contributed by atoms with Crippen LogP contribution in [0.1, 0.15) is 50.0 Å². The molecule has 3 nitrogen and oxygen atoms in total. The molecule has 0 aliphatic carbocycles. The maximum atomic E-state index is 4.66. The molecule has 4 heteroatoms. The number of hydrogen-bond donors (Lipinski definition) is 1. The van der Waals surface area contributed by atoms with Crippen molar-refractivity contribution in [2.24, 2.45) is 0 Å². The van der Waals surface area contributed by atoms with E-state index < -0.39 is 0 Å². The molecule has 0 saturated carbocycles. The van der Waals surface area contributed by atoms with Gasteiger partial charge in [0.1, 0.15) is 5.82 Å². The topological polar surface area (TPSA) is 37.8 Å². The molecule has 1 aromatic rings. The largest absolute Gasteiger partial charge is 0.317 e. The molecule has 0 aliphatic heterocycles. The zero-order chi connectivity index (χ0) is 14.3. The van der Waals surface area contributed by atoms with E-state index in [1.165, 1.54) is 12.0 Å². The van der Waals surface area contributed by atoms with Gasteiger partial charge in [0, 0.05) is 16.6 Å². The minimum absolute atomic E-state index is 0.678. The summed E-state index contributed by atoms with van der Waals surface area (Å²) in [6, 6.07) is 0. The Morgan fingerprint density at radius 1 is 1.16 bits per heavy atom. The van der Waals surface area contributed by atoms with Crippen molar-refractivity contribution in [2.45, 2.75) is 58.5 Å². The number of rotatable bonds is 8. The van der Waals surface area contributed by atoms with Crippen molar-refractivity contribution in [3.05, 3.63) is 22.8 Å². The van der Waals surface area contributed by atoms with Gasteiger partial charge in [-0.25, -0.2) is 9.97 Å². The Balaban J connectivity index is 2.67. The Morgan fingerprint density at radius 3 is 2.32 bits per heavy atom. The molecule has 1 unspecified atom stereocenters. The first kappa shape index (κ1) is 16.4. The number of aryl methyl sites for hydroxylation is 2. The van der Waals surface area contributed by atoms with E-state index in [2.05, 4.69) is 49.9 Å². The Bertz CT molecular complexity index is 370. The molecule has 108 valence electrons. The molecular formula is C15H27N3S. The Morgan fingerprint density at radius 2 is 1.79 bits per heavy atom. The number of nitrogens with zero attached hydrogens (tertiary/aromatic N) is 2. The Labute approximate surface area is 122 Å². The van der Waals surface area contributed by atoms with Gasteiger partial charge in [-0.3, -0.25) is 0 Å². The number of likely N-dealkylation sites (N-methyl/N-ethyl adjacent to an activating group) is 1. The van der Waals surface area contributed by atoms with Crippen molar-refractivity contribution < 1.29 is 0 Å². The third-order valence-corrected chi connectivity index (χ3v) is 4.67. The van der Waals surface area contributed by atoms with Gasteiger partial charge in [-0.05, 0) is 45.3 Å². The summed E-state index contributed by atoms with van der Waals surface area (Å²) in [4.78, 5) is 9.32. The van der Waals surface area contributed by atoms with Crippen LogP contribution in [0.2, 0.25) is 0 Å². The molecule has 0 spiro atoms. The van der Waals surface area contributed by atoms with Gasteiger partial charge >= 0.3 is 0 Å². The van der Waals surface area contributed by atoms with E-state index in [9.17, 15) is 0 Å². The minimum Gasteiger partial charge on any atom is -0.317 e. The second-order valence-electron chi connectivity index (χ2n) is 4.92. The lowest BCUT2D eigenvalue weighted by atomic mass is 10.1. The van der Waals surface area contributed by atoms with E-state index in [0.717, 1.165) is 42.5 Å². The highest BCUT2D eigenvalue weighted by Crippen LogP contribution is 2.19. The normalized spacial score (nSPS) is 12.7. The summed E-state index contributed by atoms with van der Waals surface area (Å²) in [5.41, 5.74) is 3.59. The molecule has 0 aliphatic rings. The van der Waals surface area contributed by atoms with E-state index in [0.29, 0.717) is 5.25 Å². The van der Waals surface area contributed by atoms with Crippen LogP contribution >= 0.6 is 11.8 Å². The van der Waals surface area contributed by atoms with Gasteiger partial charge in [-0.2, -0.15) is 11.8 Å². The average Bonchev–Trinajstić information content (AvgIpc) is 2.39. The van der Waals surface area contributed by atoms with E-state index in [1.54, 1.807) is 0 Å². The molecular weight excluding hydrogens is 254 g/mol. The lowest BCUT2D eigenvalue weighted by molar-refractivity contribution is 0.706. The van der Waals surface area contributed by atoms with Crippen LogP contribution in [0.5, 0.6) is 0 Å². The van der Waals surface area contributed by atoms with Crippen LogP contribution in [0, 0.1) is 13.8 Å². The van der Waals surface area contributed by atoms with Crippen molar-refractivity contribution >= 4 is 11.8 Å². The smallest absolute Gasteiger partial charge is 0.138 e. The number of aromatic nitrogens is 2. The molecule has 1 N–H and O–H groups in total. The fourth-order valence-corrected chi connectivity index (χ4v) is 2.76. The molecule has 0 fully saturated rings. The van der Waals surface area contributed by atoms with Crippen molar-refractivity contribution in [3.8, 4) is 0 Å². The van der Waals surface area contributed by atoms with E-state index >= 15 is 0 Å². The van der Waals surface area contributed by atoms with Crippen molar-refractivity contribution in [2.75, 3.05) is 13.1 Å². The van der Waals surface area contributed by atoms with Crippen LogP contribution in [0.4, 0.5) is 0 Å². The molecule has 0 bridgehead atoms. The number of hydrogen-bond acceptors (Lipinski definition) is 4. The monoisotopic (exact) mass is 281 g/mol. The maximum Gasteiger partial charge on any atom is 0.138 e. The van der Waals surface area contributed by atoms with Gasteiger partial charge in [0.2, 0.25) is 0 Å². The Kier molecular flexibility index (Phi) is 7.39. The van der Waals surface area contributed by atoms with Gasteiger partial charge in [0.25, 0.3) is 0 Å². The van der Waals surface area contributed by atoms with E-state index in [1.807, 2.05) is 11.8 Å². The number of nitrogens with one attached hydrogen (secondary N) is 1. The molecule has 0 radical (unpaired) electrons. The summed E-state index contributed by atoms with van der Waals surface area (Å²) in [6.45, 7) is 12.8. The first-order valence-corrected chi connectivity index (χ1v) is 8.28. The molecule has 1 aromatic heterocycles. The first-order chi connectivity index (χ1) is 9.08. The highest BCUT2D eigenvalue weighted by atomic mass is 32.2. The number of thioether (sulfide) groups is 1. The van der Waals surface area contributed by atoms with Crippen molar-refractivity contribution in [3.63, 3.8) is 0 Å². The third kappa shape index (κ3) is 5.49. The van der Waals surface area contributed by atoms with Crippen molar-refractivity contribution in [1.29, 1.82) is 0 Å². The zero-order valence-corrected chi connectivity index (χ0v) is 13.7. The standard InChI is InChI=1S/C15H27N3S/c1-6-11(3)19-10-15-17-12(4)14(13(5)18-15)8-9-16-7-2/h11,16H,6-10H2,1-5H3. The quantitative estimate of drug-likeness (QED) is 0.742. The summed E-state index contributed by atoms with van der Waals surface area (Å²) < 4.78 is 0. The third-order valence-electron chi connectivity index (χ3n) is 3.34. The van der Waals surface area contributed by atoms with Crippen LogP contribution in [-0.2, 0) is 12.2 Å². The maximum absolute atomic E-state index is 4.66. The van der Waals surface area contributed by atoms with E-state index in [-0.39, 0.29) is 0 Å². The zero-order valence-electron chi connectivity index (χ0n) is 12.9. The molecule has 1 atom stereocenters. The van der Waals surface area contributed by atoms with Crippen molar-refractivity contribution in [1.82, 2.24) is 15.3 Å². The summed E-state index contributed by atoms with van der Waals surface area (Å²) >= 11 is 1.94. The van der Waals surface area contributed by atoms with Gasteiger partial charge in [-0.1, -0.05) is 20.8 Å². The van der Waals surface area contributed by atoms with Crippen LogP contribution in [0.15, 0.2) is 0 Å². The highest BCUT2D eigenvalue weighted by Gasteiger charge is 2.09.